The van der Waals surface area contributed by atoms with Crippen LogP contribution in [0.5, 0.6) is 0 Å². The number of hydrazine groups is 1. The summed E-state index contributed by atoms with van der Waals surface area (Å²) < 4.78 is 0. The molecule has 0 amide bonds. The molecule has 0 aliphatic rings. The van der Waals surface area contributed by atoms with Gasteiger partial charge < -0.3 is 11.3 Å². The van der Waals surface area contributed by atoms with Gasteiger partial charge in [0.15, 0.2) is 0 Å². The van der Waals surface area contributed by atoms with Crippen LogP contribution in [0.25, 0.3) is 0 Å². The van der Waals surface area contributed by atoms with Crippen LogP contribution in [-0.2, 0) is 0 Å². The summed E-state index contributed by atoms with van der Waals surface area (Å²) in [5.41, 5.74) is 2.47. The number of hydrazone groups is 1. The average Bonchev–Trinajstić information content (AvgIpc) is 2.11. The smallest absolute Gasteiger partial charge is 0.135 e. The average molecular weight is 172 g/mol. The molecule has 0 saturated carbocycles. The topological polar surface area (TPSA) is 76.4 Å². The van der Waals surface area contributed by atoms with Crippen LogP contribution in [0.3, 0.4) is 0 Å². The van der Waals surface area contributed by atoms with E-state index in [9.17, 15) is 0 Å². The molecule has 72 valence electrons. The Bertz CT molecular complexity index is 122. The van der Waals surface area contributed by atoms with Crippen LogP contribution in [0.15, 0.2) is 5.10 Å². The summed E-state index contributed by atoms with van der Waals surface area (Å²) in [6.45, 7) is 2.20. The fourth-order valence-electron chi connectivity index (χ4n) is 1.07. The van der Waals surface area contributed by atoms with Gasteiger partial charge in [-0.05, 0) is 6.42 Å². The maximum absolute atomic E-state index is 5.16. The molecular weight excluding hydrogens is 152 g/mol. The molecule has 4 nitrogen and oxygen atoms in total. The van der Waals surface area contributed by atoms with E-state index >= 15 is 0 Å². The second-order valence-electron chi connectivity index (χ2n) is 2.88. The molecule has 0 aliphatic heterocycles. The largest absolute Gasteiger partial charge is 0.322 e. The summed E-state index contributed by atoms with van der Waals surface area (Å²) in [7, 11) is 0. The van der Waals surface area contributed by atoms with Gasteiger partial charge in [0.05, 0.1) is 0 Å². The van der Waals surface area contributed by atoms with Crippen molar-refractivity contribution in [3.63, 3.8) is 0 Å². The lowest BCUT2D eigenvalue weighted by Gasteiger charge is -2.02. The van der Waals surface area contributed by atoms with Crippen molar-refractivity contribution in [2.75, 3.05) is 0 Å². The predicted octanol–water partition coefficient (Wildman–Crippen LogP) is 1.08. The van der Waals surface area contributed by atoms with Crippen molar-refractivity contribution >= 4 is 5.84 Å². The normalized spacial score (nSPS) is 11.7. The minimum Gasteiger partial charge on any atom is -0.322 e. The quantitative estimate of drug-likeness (QED) is 0.184. The van der Waals surface area contributed by atoms with Gasteiger partial charge in [-0.25, -0.2) is 5.84 Å². The molecule has 12 heavy (non-hydrogen) atoms. The van der Waals surface area contributed by atoms with Crippen LogP contribution < -0.4 is 17.1 Å². The van der Waals surface area contributed by atoms with Gasteiger partial charge in [0, 0.05) is 6.42 Å². The van der Waals surface area contributed by atoms with Crippen LogP contribution in [0.1, 0.15) is 45.4 Å². The first kappa shape index (κ1) is 11.2. The zero-order chi connectivity index (χ0) is 9.23. The van der Waals surface area contributed by atoms with Crippen molar-refractivity contribution in [2.24, 2.45) is 16.8 Å². The highest BCUT2D eigenvalue weighted by Gasteiger charge is 1.95. The number of nitrogens with two attached hydrogens (primary N) is 2. The monoisotopic (exact) mass is 172 g/mol. The van der Waals surface area contributed by atoms with E-state index in [0.717, 1.165) is 12.8 Å². The van der Waals surface area contributed by atoms with Gasteiger partial charge in [-0.3, -0.25) is 0 Å². The molecule has 0 aliphatic carbocycles. The van der Waals surface area contributed by atoms with Crippen molar-refractivity contribution in [1.82, 2.24) is 5.43 Å². The summed E-state index contributed by atoms with van der Waals surface area (Å²) in [6, 6.07) is 0. The fourth-order valence-corrected chi connectivity index (χ4v) is 1.07. The lowest BCUT2D eigenvalue weighted by Crippen LogP contribution is -2.31. The number of nitrogens with zero attached hydrogens (tertiary/aromatic N) is 1. The number of rotatable bonds is 6. The first-order valence-corrected chi connectivity index (χ1v) is 4.58. The molecular formula is C8H20N4. The SMILES string of the molecule is CCCCCCCC(=NN)NN. The van der Waals surface area contributed by atoms with Crippen molar-refractivity contribution in [3.05, 3.63) is 0 Å². The summed E-state index contributed by atoms with van der Waals surface area (Å²) in [6.07, 6.45) is 7.07. The van der Waals surface area contributed by atoms with Gasteiger partial charge >= 0.3 is 0 Å². The minimum absolute atomic E-state index is 0.687. The fraction of sp³-hybridized carbons (Fsp3) is 0.875. The standard InChI is InChI=1S/C8H20N4/c1-2-3-4-5-6-7-8(11-9)12-10/h2-7,9-10H2,1H3,(H,11,12). The lowest BCUT2D eigenvalue weighted by atomic mass is 10.1. The highest BCUT2D eigenvalue weighted by atomic mass is 15.3. The van der Waals surface area contributed by atoms with Gasteiger partial charge in [-0.15, -0.1) is 0 Å². The van der Waals surface area contributed by atoms with Gasteiger partial charge in [0.1, 0.15) is 5.84 Å². The molecule has 0 saturated heterocycles. The molecule has 0 rings (SSSR count). The van der Waals surface area contributed by atoms with Crippen molar-refractivity contribution < 1.29 is 0 Å². The van der Waals surface area contributed by atoms with Gasteiger partial charge in [0.2, 0.25) is 0 Å². The Morgan fingerprint density at radius 1 is 1.25 bits per heavy atom. The molecule has 0 aromatic carbocycles. The Morgan fingerprint density at radius 2 is 1.92 bits per heavy atom. The molecule has 0 bridgehead atoms. The third kappa shape index (κ3) is 5.97. The highest BCUT2D eigenvalue weighted by Crippen LogP contribution is 2.04. The highest BCUT2D eigenvalue weighted by molar-refractivity contribution is 5.81. The number of hydrogen-bond acceptors (Lipinski definition) is 3. The number of hydrogen-bond donors (Lipinski definition) is 3. The maximum atomic E-state index is 5.16. The maximum Gasteiger partial charge on any atom is 0.135 e. The first-order valence-electron chi connectivity index (χ1n) is 4.58. The van der Waals surface area contributed by atoms with E-state index in [0.29, 0.717) is 5.84 Å². The van der Waals surface area contributed by atoms with E-state index in [1.165, 1.54) is 25.7 Å². The van der Waals surface area contributed by atoms with Crippen molar-refractivity contribution in [3.8, 4) is 0 Å². The number of unbranched alkanes of at least 4 members (excludes halogenated alkanes) is 4. The molecule has 0 spiro atoms. The Labute approximate surface area is 74.4 Å². The lowest BCUT2D eigenvalue weighted by molar-refractivity contribution is 0.639. The zero-order valence-corrected chi connectivity index (χ0v) is 7.84. The molecule has 0 radical (unpaired) electrons. The third-order valence-electron chi connectivity index (χ3n) is 1.84. The Balaban J connectivity index is 3.18. The van der Waals surface area contributed by atoms with E-state index in [2.05, 4.69) is 17.5 Å². The van der Waals surface area contributed by atoms with E-state index in [1.54, 1.807) is 0 Å². The third-order valence-corrected chi connectivity index (χ3v) is 1.84. The van der Waals surface area contributed by atoms with Crippen LogP contribution in [0, 0.1) is 0 Å². The number of amidine groups is 1. The van der Waals surface area contributed by atoms with Crippen LogP contribution in [0.2, 0.25) is 0 Å². The van der Waals surface area contributed by atoms with E-state index in [4.69, 9.17) is 11.7 Å². The molecule has 0 fully saturated rings. The molecule has 5 N–H and O–H groups in total. The van der Waals surface area contributed by atoms with E-state index < -0.39 is 0 Å². The van der Waals surface area contributed by atoms with Gasteiger partial charge in [0.25, 0.3) is 0 Å². The van der Waals surface area contributed by atoms with Crippen LogP contribution in [-0.4, -0.2) is 5.84 Å². The summed E-state index contributed by atoms with van der Waals surface area (Å²) in [4.78, 5) is 0. The summed E-state index contributed by atoms with van der Waals surface area (Å²) >= 11 is 0. The first-order chi connectivity index (χ1) is 5.85. The molecule has 0 aromatic rings. The summed E-state index contributed by atoms with van der Waals surface area (Å²) in [5.74, 6) is 10.9. The number of nitrogens with one attached hydrogen (secondary N) is 1. The van der Waals surface area contributed by atoms with Gasteiger partial charge in [-0.2, -0.15) is 5.10 Å². The van der Waals surface area contributed by atoms with Crippen molar-refractivity contribution in [1.29, 1.82) is 0 Å². The zero-order valence-electron chi connectivity index (χ0n) is 7.84. The Morgan fingerprint density at radius 3 is 2.42 bits per heavy atom. The van der Waals surface area contributed by atoms with Crippen LogP contribution >= 0.6 is 0 Å². The van der Waals surface area contributed by atoms with E-state index in [-0.39, 0.29) is 0 Å². The minimum atomic E-state index is 0.687. The second-order valence-corrected chi connectivity index (χ2v) is 2.88. The molecule has 0 heterocycles. The van der Waals surface area contributed by atoms with E-state index in [1.807, 2.05) is 0 Å². The van der Waals surface area contributed by atoms with Gasteiger partial charge in [-0.1, -0.05) is 32.6 Å². The Hall–Kier alpha value is -0.770. The summed E-state index contributed by atoms with van der Waals surface area (Å²) in [5, 5.41) is 3.50. The second kappa shape index (κ2) is 8.33. The van der Waals surface area contributed by atoms with Crippen molar-refractivity contribution in [2.45, 2.75) is 45.4 Å². The molecule has 4 heteroatoms. The molecule has 0 aromatic heterocycles. The van der Waals surface area contributed by atoms with Crippen LogP contribution in [0.4, 0.5) is 0 Å². The predicted molar refractivity (Wildman–Crippen MR) is 52.3 cm³/mol. The Kier molecular flexibility index (Phi) is 7.79. The molecule has 0 atom stereocenters. The molecule has 0 unspecified atom stereocenters.